The van der Waals surface area contributed by atoms with Gasteiger partial charge in [0.2, 0.25) is 0 Å². The second-order valence-electron chi connectivity index (χ2n) is 7.10. The number of rotatable bonds is 13. The highest BCUT2D eigenvalue weighted by Gasteiger charge is 2.42. The lowest BCUT2D eigenvalue weighted by Gasteiger charge is -2.29. The van der Waals surface area contributed by atoms with Crippen molar-refractivity contribution in [2.24, 2.45) is 0 Å². The van der Waals surface area contributed by atoms with E-state index in [4.69, 9.17) is 13.2 Å². The molecule has 0 aliphatic heterocycles. The average Bonchev–Trinajstić information content (AvgIpc) is 2.59. The van der Waals surface area contributed by atoms with Crippen molar-refractivity contribution < 1.29 is 31.1 Å². The van der Waals surface area contributed by atoms with Crippen LogP contribution in [0.1, 0.15) is 60.3 Å². The first kappa shape index (κ1) is 25.7. The molecule has 0 radical (unpaired) electrons. The number of hydrogen-bond acceptors (Lipinski definition) is 8. The SMILES string of the molecule is CCCCC[C@@H](OS(=O)(=O)c1ccc([N+](=O)[O-])cc1)P(=O)(OC(C)C)OC(C)C. The zero-order chi connectivity index (χ0) is 22.2. The molecule has 0 saturated heterocycles. The van der Waals surface area contributed by atoms with Crippen molar-refractivity contribution in [2.75, 3.05) is 0 Å². The maximum atomic E-state index is 13.5. The predicted molar refractivity (Wildman–Crippen MR) is 109 cm³/mol. The first-order valence-corrected chi connectivity index (χ1v) is 12.6. The molecule has 0 aliphatic rings. The molecule has 0 fully saturated rings. The van der Waals surface area contributed by atoms with Gasteiger partial charge < -0.3 is 9.05 Å². The molecule has 9 nitrogen and oxygen atoms in total. The van der Waals surface area contributed by atoms with Gasteiger partial charge in [-0.15, -0.1) is 0 Å². The molecule has 1 aromatic carbocycles. The Labute approximate surface area is 172 Å². The Bertz CT molecular complexity index is 794. The maximum Gasteiger partial charge on any atom is 0.361 e. The highest BCUT2D eigenvalue weighted by molar-refractivity contribution is 7.87. The summed E-state index contributed by atoms with van der Waals surface area (Å²) in [6, 6.07) is 4.29. The van der Waals surface area contributed by atoms with Gasteiger partial charge in [-0.1, -0.05) is 26.2 Å². The number of nitro groups is 1. The summed E-state index contributed by atoms with van der Waals surface area (Å²) < 4.78 is 55.3. The van der Waals surface area contributed by atoms with Gasteiger partial charge in [-0.25, -0.2) is 0 Å². The molecule has 0 aliphatic carbocycles. The van der Waals surface area contributed by atoms with E-state index in [9.17, 15) is 23.1 Å². The van der Waals surface area contributed by atoms with Crippen molar-refractivity contribution in [3.8, 4) is 0 Å². The Kier molecular flexibility index (Phi) is 9.91. The molecular formula is C18H30NO8PS. The molecule has 1 atom stereocenters. The van der Waals surface area contributed by atoms with Gasteiger partial charge in [0, 0.05) is 12.1 Å². The molecule has 1 rings (SSSR count). The molecule has 0 saturated carbocycles. The van der Waals surface area contributed by atoms with Crippen LogP contribution in [-0.4, -0.2) is 31.4 Å². The number of unbranched alkanes of at least 4 members (excludes halogenated alkanes) is 2. The Morgan fingerprint density at radius 1 is 1.03 bits per heavy atom. The molecule has 0 amide bonds. The molecule has 0 N–H and O–H groups in total. The minimum Gasteiger partial charge on any atom is -0.304 e. The summed E-state index contributed by atoms with van der Waals surface area (Å²) in [4.78, 5) is 9.87. The summed E-state index contributed by atoms with van der Waals surface area (Å²) >= 11 is 0. The lowest BCUT2D eigenvalue weighted by molar-refractivity contribution is -0.384. The summed E-state index contributed by atoms with van der Waals surface area (Å²) in [5, 5.41) is 10.8. The quantitative estimate of drug-likeness (QED) is 0.131. The van der Waals surface area contributed by atoms with Crippen LogP contribution >= 0.6 is 7.60 Å². The van der Waals surface area contributed by atoms with Crippen LogP contribution in [0.4, 0.5) is 5.69 Å². The standard InChI is InChI=1S/C18H30NO8PS/c1-6-7-8-9-18(28(22,25-14(2)3)26-15(4)5)27-29(23,24)17-12-10-16(11-13-17)19(20)21/h10-15,18H,6-9H2,1-5H3/t18-/m0/s1. The van der Waals surface area contributed by atoms with Gasteiger partial charge in [-0.05, 0) is 46.2 Å². The van der Waals surface area contributed by atoms with Crippen LogP contribution in [0.25, 0.3) is 0 Å². The smallest absolute Gasteiger partial charge is 0.304 e. The fourth-order valence-electron chi connectivity index (χ4n) is 2.51. The van der Waals surface area contributed by atoms with E-state index in [1.807, 2.05) is 6.92 Å². The third-order valence-electron chi connectivity index (χ3n) is 3.70. The van der Waals surface area contributed by atoms with Gasteiger partial charge in [0.15, 0.2) is 5.85 Å². The van der Waals surface area contributed by atoms with Crippen molar-refractivity contribution in [3.05, 3.63) is 34.4 Å². The van der Waals surface area contributed by atoms with E-state index in [-0.39, 0.29) is 17.0 Å². The van der Waals surface area contributed by atoms with Crippen LogP contribution in [0.15, 0.2) is 29.2 Å². The van der Waals surface area contributed by atoms with E-state index in [1.54, 1.807) is 27.7 Å². The number of benzene rings is 1. The first-order valence-electron chi connectivity index (χ1n) is 9.55. The topological polar surface area (TPSA) is 122 Å². The van der Waals surface area contributed by atoms with Crippen molar-refractivity contribution in [1.29, 1.82) is 0 Å². The van der Waals surface area contributed by atoms with Gasteiger partial charge >= 0.3 is 7.60 Å². The largest absolute Gasteiger partial charge is 0.361 e. The number of nitro benzene ring substituents is 1. The van der Waals surface area contributed by atoms with E-state index in [0.29, 0.717) is 6.42 Å². The minimum absolute atomic E-state index is 0.163. The summed E-state index contributed by atoms with van der Waals surface area (Å²) in [7, 11) is -8.28. The Morgan fingerprint density at radius 3 is 1.97 bits per heavy atom. The number of non-ortho nitro benzene ring substituents is 1. The van der Waals surface area contributed by atoms with Crippen molar-refractivity contribution in [1.82, 2.24) is 0 Å². The lowest BCUT2D eigenvalue weighted by atomic mass is 10.2. The molecule has 0 heterocycles. The lowest BCUT2D eigenvalue weighted by Crippen LogP contribution is -2.24. The molecule has 0 aromatic heterocycles. The van der Waals surface area contributed by atoms with Crippen molar-refractivity contribution >= 4 is 23.4 Å². The molecule has 166 valence electrons. The average molecular weight is 451 g/mol. The highest BCUT2D eigenvalue weighted by atomic mass is 32.2. The van der Waals surface area contributed by atoms with E-state index in [0.717, 1.165) is 37.1 Å². The van der Waals surface area contributed by atoms with Gasteiger partial charge in [-0.3, -0.25) is 18.9 Å². The number of hydrogen-bond donors (Lipinski definition) is 0. The highest BCUT2D eigenvalue weighted by Crippen LogP contribution is 2.57. The van der Waals surface area contributed by atoms with E-state index in [1.165, 1.54) is 0 Å². The predicted octanol–water partition coefficient (Wildman–Crippen LogP) is 5.25. The molecule has 11 heteroatoms. The molecule has 0 bridgehead atoms. The van der Waals surface area contributed by atoms with Crippen LogP contribution in [0.3, 0.4) is 0 Å². The molecule has 29 heavy (non-hydrogen) atoms. The summed E-state index contributed by atoms with van der Waals surface area (Å²) in [5.41, 5.74) is -0.250. The molecular weight excluding hydrogens is 421 g/mol. The summed E-state index contributed by atoms with van der Waals surface area (Å²) in [6.45, 7) is 8.67. The fourth-order valence-corrected chi connectivity index (χ4v) is 6.24. The fraction of sp³-hybridized carbons (Fsp3) is 0.667. The second-order valence-corrected chi connectivity index (χ2v) is 10.7. The van der Waals surface area contributed by atoms with Crippen LogP contribution in [0, 0.1) is 10.1 Å². The van der Waals surface area contributed by atoms with Gasteiger partial charge in [0.25, 0.3) is 15.8 Å². The zero-order valence-electron chi connectivity index (χ0n) is 17.4. The Balaban J connectivity index is 3.23. The maximum absolute atomic E-state index is 13.5. The monoisotopic (exact) mass is 451 g/mol. The van der Waals surface area contributed by atoms with Gasteiger partial charge in [0.05, 0.1) is 22.0 Å². The summed E-state index contributed by atoms with van der Waals surface area (Å²) in [6.07, 6.45) is 1.46. The minimum atomic E-state index is -4.35. The summed E-state index contributed by atoms with van der Waals surface area (Å²) in [5.74, 6) is -1.32. The van der Waals surface area contributed by atoms with E-state index in [2.05, 4.69) is 0 Å². The van der Waals surface area contributed by atoms with Gasteiger partial charge in [-0.2, -0.15) is 8.42 Å². The Hall–Kier alpha value is -1.32. The van der Waals surface area contributed by atoms with Crippen molar-refractivity contribution in [3.63, 3.8) is 0 Å². The van der Waals surface area contributed by atoms with Crippen LogP contribution in [-0.2, 0) is 27.9 Å². The van der Waals surface area contributed by atoms with E-state index < -0.39 is 40.7 Å². The third kappa shape index (κ3) is 8.14. The van der Waals surface area contributed by atoms with Gasteiger partial charge in [0.1, 0.15) is 0 Å². The van der Waals surface area contributed by atoms with E-state index >= 15 is 0 Å². The third-order valence-corrected chi connectivity index (χ3v) is 7.67. The second kappa shape index (κ2) is 11.2. The molecule has 0 unspecified atom stereocenters. The normalized spacial score (nSPS) is 13.8. The first-order chi connectivity index (χ1) is 13.4. The number of nitrogens with zero attached hydrogens (tertiary/aromatic N) is 1. The van der Waals surface area contributed by atoms with Crippen molar-refractivity contribution in [2.45, 2.75) is 83.3 Å². The van der Waals surface area contributed by atoms with Crippen LogP contribution in [0.2, 0.25) is 0 Å². The Morgan fingerprint density at radius 2 is 1.55 bits per heavy atom. The van der Waals surface area contributed by atoms with Crippen LogP contribution in [0.5, 0.6) is 0 Å². The van der Waals surface area contributed by atoms with Crippen LogP contribution < -0.4 is 0 Å². The molecule has 1 aromatic rings. The molecule has 0 spiro atoms. The zero-order valence-corrected chi connectivity index (χ0v) is 19.1.